The highest BCUT2D eigenvalue weighted by molar-refractivity contribution is 5.89. The maximum absolute atomic E-state index is 11.0. The van der Waals surface area contributed by atoms with E-state index in [0.29, 0.717) is 5.65 Å². The molecule has 1 N–H and O–H groups in total. The van der Waals surface area contributed by atoms with Crippen LogP contribution in [0.4, 0.5) is 0 Å². The molecule has 3 heterocycles. The first kappa shape index (κ1) is 12.6. The number of aryl methyl sites for hydroxylation is 1. The molecule has 0 radical (unpaired) electrons. The number of rotatable bonds is 2. The van der Waals surface area contributed by atoms with Gasteiger partial charge in [0.25, 0.3) is 0 Å². The molecule has 0 aliphatic rings. The Kier molecular flexibility index (Phi) is 2.53. The third kappa shape index (κ3) is 1.85. The molecule has 0 bridgehead atoms. The summed E-state index contributed by atoms with van der Waals surface area (Å²) in [5, 5.41) is 9.04. The molecule has 3 aromatic heterocycles. The van der Waals surface area contributed by atoms with E-state index >= 15 is 0 Å². The van der Waals surface area contributed by atoms with Crippen molar-refractivity contribution in [2.75, 3.05) is 0 Å². The fourth-order valence-electron chi connectivity index (χ4n) is 2.55. The molecule has 6 nitrogen and oxygen atoms in total. The number of imidazole rings is 2. The number of aromatic carboxylic acids is 1. The lowest BCUT2D eigenvalue weighted by molar-refractivity contribution is 0.0697. The Hall–Kier alpha value is -3.15. The standard InChI is InChI=1S/C16H12N4O2/c1-19-9-17-12-6-10(2-3-14(12)19)13-8-20-5-4-11(16(21)22)7-15(20)18-13/h2-9H,1H3,(H,21,22). The maximum atomic E-state index is 11.0. The van der Waals surface area contributed by atoms with E-state index in [0.717, 1.165) is 22.3 Å². The molecule has 1 aromatic carbocycles. The van der Waals surface area contributed by atoms with Gasteiger partial charge in [0, 0.05) is 25.0 Å². The smallest absolute Gasteiger partial charge is 0.335 e. The molecule has 0 saturated carbocycles. The summed E-state index contributed by atoms with van der Waals surface area (Å²) in [7, 11) is 1.95. The number of carboxylic acids is 1. The second-order valence-electron chi connectivity index (χ2n) is 5.17. The van der Waals surface area contributed by atoms with Crippen molar-refractivity contribution in [1.29, 1.82) is 0 Å². The molecule has 6 heteroatoms. The summed E-state index contributed by atoms with van der Waals surface area (Å²) in [4.78, 5) is 19.9. The van der Waals surface area contributed by atoms with Crippen LogP contribution in [0.2, 0.25) is 0 Å². The van der Waals surface area contributed by atoms with Gasteiger partial charge < -0.3 is 14.1 Å². The van der Waals surface area contributed by atoms with Crippen LogP contribution >= 0.6 is 0 Å². The summed E-state index contributed by atoms with van der Waals surface area (Å²) in [6.45, 7) is 0. The van der Waals surface area contributed by atoms with Crippen LogP contribution in [0.5, 0.6) is 0 Å². The van der Waals surface area contributed by atoms with E-state index in [1.165, 1.54) is 0 Å². The summed E-state index contributed by atoms with van der Waals surface area (Å²) >= 11 is 0. The molecule has 0 aliphatic heterocycles. The number of hydrogen-bond acceptors (Lipinski definition) is 3. The molecular weight excluding hydrogens is 280 g/mol. The van der Waals surface area contributed by atoms with E-state index in [9.17, 15) is 4.79 Å². The lowest BCUT2D eigenvalue weighted by Crippen LogP contribution is -1.96. The molecule has 22 heavy (non-hydrogen) atoms. The van der Waals surface area contributed by atoms with Crippen LogP contribution in [0.15, 0.2) is 49.1 Å². The van der Waals surface area contributed by atoms with Crippen LogP contribution in [0.25, 0.3) is 27.9 Å². The van der Waals surface area contributed by atoms with Crippen molar-refractivity contribution in [3.8, 4) is 11.3 Å². The van der Waals surface area contributed by atoms with Crippen LogP contribution in [0.3, 0.4) is 0 Å². The topological polar surface area (TPSA) is 72.4 Å². The second kappa shape index (κ2) is 4.42. The zero-order valence-electron chi connectivity index (χ0n) is 11.8. The fraction of sp³-hybridized carbons (Fsp3) is 0.0625. The molecule has 108 valence electrons. The van der Waals surface area contributed by atoms with Gasteiger partial charge in [-0.05, 0) is 24.3 Å². The zero-order chi connectivity index (χ0) is 15.3. The van der Waals surface area contributed by atoms with Crippen molar-refractivity contribution in [2.45, 2.75) is 0 Å². The Morgan fingerprint density at radius 3 is 2.91 bits per heavy atom. The van der Waals surface area contributed by atoms with Gasteiger partial charge in [-0.15, -0.1) is 0 Å². The minimum Gasteiger partial charge on any atom is -0.478 e. The summed E-state index contributed by atoms with van der Waals surface area (Å²) in [5.74, 6) is -0.957. The van der Waals surface area contributed by atoms with Crippen molar-refractivity contribution >= 4 is 22.6 Å². The van der Waals surface area contributed by atoms with Crippen LogP contribution < -0.4 is 0 Å². The number of fused-ring (bicyclic) bond motifs is 2. The second-order valence-corrected chi connectivity index (χ2v) is 5.17. The molecule has 0 fully saturated rings. The minimum absolute atomic E-state index is 0.227. The number of aromatic nitrogens is 4. The molecule has 4 rings (SSSR count). The zero-order valence-corrected chi connectivity index (χ0v) is 11.8. The third-order valence-electron chi connectivity index (χ3n) is 3.73. The van der Waals surface area contributed by atoms with Crippen molar-refractivity contribution in [3.63, 3.8) is 0 Å². The first-order valence-corrected chi connectivity index (χ1v) is 6.75. The van der Waals surface area contributed by atoms with Crippen LogP contribution in [0.1, 0.15) is 10.4 Å². The largest absolute Gasteiger partial charge is 0.478 e. The molecule has 0 amide bonds. The average Bonchev–Trinajstić information content (AvgIpc) is 3.10. The maximum Gasteiger partial charge on any atom is 0.335 e. The van der Waals surface area contributed by atoms with E-state index in [2.05, 4.69) is 9.97 Å². The van der Waals surface area contributed by atoms with Crippen LogP contribution in [-0.4, -0.2) is 30.0 Å². The first-order chi connectivity index (χ1) is 10.6. The van der Waals surface area contributed by atoms with Crippen molar-refractivity contribution in [2.24, 2.45) is 7.05 Å². The Morgan fingerprint density at radius 2 is 2.09 bits per heavy atom. The summed E-state index contributed by atoms with van der Waals surface area (Å²) in [6, 6.07) is 9.09. The van der Waals surface area contributed by atoms with E-state index in [4.69, 9.17) is 5.11 Å². The monoisotopic (exact) mass is 292 g/mol. The highest BCUT2D eigenvalue weighted by Gasteiger charge is 2.09. The Labute approximate surface area is 125 Å². The van der Waals surface area contributed by atoms with Crippen molar-refractivity contribution < 1.29 is 9.90 Å². The normalized spacial score (nSPS) is 11.3. The predicted molar refractivity (Wildman–Crippen MR) is 81.9 cm³/mol. The van der Waals surface area contributed by atoms with Gasteiger partial charge in [0.2, 0.25) is 0 Å². The quantitative estimate of drug-likeness (QED) is 0.616. The fourth-order valence-corrected chi connectivity index (χ4v) is 2.55. The molecule has 0 saturated heterocycles. The van der Waals surface area contributed by atoms with Crippen LogP contribution in [-0.2, 0) is 7.05 Å². The number of carbonyl (C=O) groups is 1. The number of hydrogen-bond donors (Lipinski definition) is 1. The number of pyridine rings is 1. The molecule has 0 spiro atoms. The number of benzene rings is 1. The molecule has 0 aliphatic carbocycles. The Morgan fingerprint density at radius 1 is 1.23 bits per heavy atom. The van der Waals surface area contributed by atoms with Gasteiger partial charge in [0.15, 0.2) is 0 Å². The molecule has 4 aromatic rings. The lowest BCUT2D eigenvalue weighted by Gasteiger charge is -1.97. The van der Waals surface area contributed by atoms with Crippen molar-refractivity contribution in [1.82, 2.24) is 18.9 Å². The number of carboxylic acid groups (broad SMARTS) is 1. The molecule has 0 atom stereocenters. The average molecular weight is 292 g/mol. The lowest BCUT2D eigenvalue weighted by atomic mass is 10.1. The van der Waals surface area contributed by atoms with Gasteiger partial charge in [-0.1, -0.05) is 6.07 Å². The molecular formula is C16H12N4O2. The SMILES string of the molecule is Cn1cnc2cc(-c3cn4ccc(C(=O)O)cc4n3)ccc21. The third-order valence-corrected chi connectivity index (χ3v) is 3.73. The van der Waals surface area contributed by atoms with Gasteiger partial charge >= 0.3 is 5.97 Å². The van der Waals surface area contributed by atoms with Gasteiger partial charge in [-0.25, -0.2) is 14.8 Å². The van der Waals surface area contributed by atoms with E-state index in [1.54, 1.807) is 24.7 Å². The van der Waals surface area contributed by atoms with Gasteiger partial charge in [-0.3, -0.25) is 0 Å². The summed E-state index contributed by atoms with van der Waals surface area (Å²) < 4.78 is 3.77. The Bertz CT molecular complexity index is 1030. The van der Waals surface area contributed by atoms with Crippen LogP contribution in [0, 0.1) is 0 Å². The minimum atomic E-state index is -0.957. The van der Waals surface area contributed by atoms with Gasteiger partial charge in [0.05, 0.1) is 28.6 Å². The first-order valence-electron chi connectivity index (χ1n) is 6.75. The van der Waals surface area contributed by atoms with Gasteiger partial charge in [0.1, 0.15) is 5.65 Å². The number of nitrogens with zero attached hydrogens (tertiary/aromatic N) is 4. The summed E-state index contributed by atoms with van der Waals surface area (Å²) in [5.41, 5.74) is 4.53. The van der Waals surface area contributed by atoms with Gasteiger partial charge in [-0.2, -0.15) is 0 Å². The Balaban J connectivity index is 1.86. The van der Waals surface area contributed by atoms with E-state index in [-0.39, 0.29) is 5.56 Å². The summed E-state index contributed by atoms with van der Waals surface area (Å²) in [6.07, 6.45) is 5.36. The molecule has 0 unspecified atom stereocenters. The van der Waals surface area contributed by atoms with E-state index in [1.807, 2.05) is 40.4 Å². The highest BCUT2D eigenvalue weighted by Crippen LogP contribution is 2.23. The van der Waals surface area contributed by atoms with Crippen molar-refractivity contribution in [3.05, 3.63) is 54.6 Å². The predicted octanol–water partition coefficient (Wildman–Crippen LogP) is 2.59. The highest BCUT2D eigenvalue weighted by atomic mass is 16.4. The van der Waals surface area contributed by atoms with E-state index < -0.39 is 5.97 Å².